The Morgan fingerprint density at radius 1 is 1.67 bits per heavy atom. The van der Waals surface area contributed by atoms with Crippen LogP contribution in [0, 0.1) is 5.41 Å². The minimum atomic E-state index is 0.403. The standard InChI is InChI=1S/C12H18N2O/c1-2-14-5-3-10(7-14)11-12(8-13-11)4-6-15-9-12/h3,5,7,11,13H,2,4,6,8-9H2,1H3/t11-,12-/m1/s1. The van der Waals surface area contributed by atoms with E-state index in [1.165, 1.54) is 12.0 Å². The smallest absolute Gasteiger partial charge is 0.0553 e. The first kappa shape index (κ1) is 9.43. The van der Waals surface area contributed by atoms with Crippen LogP contribution in [0.15, 0.2) is 18.5 Å². The molecule has 0 radical (unpaired) electrons. The second-order valence-electron chi connectivity index (χ2n) is 4.75. The first-order valence-corrected chi connectivity index (χ1v) is 5.81. The van der Waals surface area contributed by atoms with Gasteiger partial charge in [0.1, 0.15) is 0 Å². The van der Waals surface area contributed by atoms with Gasteiger partial charge in [-0.2, -0.15) is 0 Å². The van der Waals surface area contributed by atoms with Crippen LogP contribution in [0.25, 0.3) is 0 Å². The monoisotopic (exact) mass is 206 g/mol. The predicted octanol–water partition coefficient (Wildman–Crippen LogP) is 1.56. The van der Waals surface area contributed by atoms with E-state index in [1.807, 2.05) is 0 Å². The van der Waals surface area contributed by atoms with Crippen molar-refractivity contribution in [2.24, 2.45) is 5.41 Å². The molecule has 0 aromatic carbocycles. The Hall–Kier alpha value is -0.800. The zero-order chi connectivity index (χ0) is 10.3. The zero-order valence-electron chi connectivity index (χ0n) is 9.20. The number of aromatic nitrogens is 1. The van der Waals surface area contributed by atoms with E-state index in [-0.39, 0.29) is 0 Å². The molecule has 3 heterocycles. The molecule has 3 nitrogen and oxygen atoms in total. The first-order valence-electron chi connectivity index (χ1n) is 5.81. The second-order valence-corrected chi connectivity index (χ2v) is 4.75. The van der Waals surface area contributed by atoms with Crippen molar-refractivity contribution in [1.29, 1.82) is 0 Å². The summed E-state index contributed by atoms with van der Waals surface area (Å²) in [5, 5.41) is 3.54. The van der Waals surface area contributed by atoms with E-state index in [9.17, 15) is 0 Å². The molecular formula is C12H18N2O. The molecule has 1 aromatic heterocycles. The van der Waals surface area contributed by atoms with Crippen LogP contribution in [0.2, 0.25) is 0 Å². The van der Waals surface area contributed by atoms with Crippen LogP contribution in [0.4, 0.5) is 0 Å². The second kappa shape index (κ2) is 3.35. The van der Waals surface area contributed by atoms with Crippen molar-refractivity contribution in [1.82, 2.24) is 9.88 Å². The Kier molecular flexibility index (Phi) is 2.11. The fourth-order valence-corrected chi connectivity index (χ4v) is 2.78. The molecule has 0 saturated carbocycles. The van der Waals surface area contributed by atoms with Gasteiger partial charge in [-0.05, 0) is 25.0 Å². The van der Waals surface area contributed by atoms with Gasteiger partial charge >= 0.3 is 0 Å². The Bertz CT molecular complexity index is 352. The number of hydrogen-bond acceptors (Lipinski definition) is 2. The summed E-state index contributed by atoms with van der Waals surface area (Å²) in [5.74, 6) is 0. The van der Waals surface area contributed by atoms with Crippen LogP contribution >= 0.6 is 0 Å². The van der Waals surface area contributed by atoms with E-state index in [0.717, 1.165) is 26.3 Å². The van der Waals surface area contributed by atoms with Crippen molar-refractivity contribution in [2.45, 2.75) is 25.9 Å². The molecule has 1 spiro atoms. The number of nitrogens with zero attached hydrogens (tertiary/aromatic N) is 1. The van der Waals surface area contributed by atoms with E-state index >= 15 is 0 Å². The maximum atomic E-state index is 5.54. The predicted molar refractivity (Wildman–Crippen MR) is 58.7 cm³/mol. The quantitative estimate of drug-likeness (QED) is 0.794. The van der Waals surface area contributed by atoms with Crippen molar-refractivity contribution in [3.63, 3.8) is 0 Å². The summed E-state index contributed by atoms with van der Waals surface area (Å²) >= 11 is 0. The Labute approximate surface area is 90.4 Å². The third-order valence-corrected chi connectivity index (χ3v) is 3.88. The van der Waals surface area contributed by atoms with Crippen molar-refractivity contribution in [2.75, 3.05) is 19.8 Å². The molecule has 0 aliphatic carbocycles. The molecule has 1 N–H and O–H groups in total. The van der Waals surface area contributed by atoms with Gasteiger partial charge in [0.05, 0.1) is 6.61 Å². The average Bonchev–Trinajstić information content (AvgIpc) is 2.85. The lowest BCUT2D eigenvalue weighted by atomic mass is 9.71. The molecule has 3 heteroatoms. The van der Waals surface area contributed by atoms with Gasteiger partial charge in [-0.25, -0.2) is 0 Å². The van der Waals surface area contributed by atoms with Crippen LogP contribution in [-0.2, 0) is 11.3 Å². The largest absolute Gasteiger partial charge is 0.381 e. The number of ether oxygens (including phenoxy) is 1. The van der Waals surface area contributed by atoms with Crippen LogP contribution < -0.4 is 5.32 Å². The summed E-state index contributed by atoms with van der Waals surface area (Å²) in [7, 11) is 0. The van der Waals surface area contributed by atoms with Crippen LogP contribution in [0.3, 0.4) is 0 Å². The first-order chi connectivity index (χ1) is 7.34. The summed E-state index contributed by atoms with van der Waals surface area (Å²) in [6, 6.07) is 2.76. The maximum Gasteiger partial charge on any atom is 0.0553 e. The average molecular weight is 206 g/mol. The molecule has 2 atom stereocenters. The van der Waals surface area contributed by atoms with Gasteiger partial charge in [-0.3, -0.25) is 0 Å². The zero-order valence-corrected chi connectivity index (χ0v) is 9.20. The van der Waals surface area contributed by atoms with Gasteiger partial charge in [0.15, 0.2) is 0 Å². The van der Waals surface area contributed by atoms with Crippen molar-refractivity contribution in [3.05, 3.63) is 24.0 Å². The highest BCUT2D eigenvalue weighted by Gasteiger charge is 2.49. The summed E-state index contributed by atoms with van der Waals surface area (Å²) < 4.78 is 7.78. The SMILES string of the molecule is CCn1ccc([C@H]2NC[C@@]23CCOC3)c1. The lowest BCUT2D eigenvalue weighted by molar-refractivity contribution is 0.0577. The summed E-state index contributed by atoms with van der Waals surface area (Å²) in [6.45, 7) is 6.21. The van der Waals surface area contributed by atoms with Crippen LogP contribution in [0.1, 0.15) is 24.9 Å². The highest BCUT2D eigenvalue weighted by molar-refractivity contribution is 5.23. The van der Waals surface area contributed by atoms with Gasteiger partial charge in [0.25, 0.3) is 0 Å². The molecule has 0 amide bonds. The minimum Gasteiger partial charge on any atom is -0.381 e. The van der Waals surface area contributed by atoms with E-state index in [2.05, 4.69) is 35.3 Å². The number of hydrogen-bond donors (Lipinski definition) is 1. The highest BCUT2D eigenvalue weighted by atomic mass is 16.5. The fraction of sp³-hybridized carbons (Fsp3) is 0.667. The number of rotatable bonds is 2. The molecule has 15 heavy (non-hydrogen) atoms. The molecule has 0 unspecified atom stereocenters. The van der Waals surface area contributed by atoms with E-state index < -0.39 is 0 Å². The molecule has 2 fully saturated rings. The summed E-state index contributed by atoms with van der Waals surface area (Å²) in [4.78, 5) is 0. The van der Waals surface area contributed by atoms with Crippen molar-refractivity contribution in [3.8, 4) is 0 Å². The van der Waals surface area contributed by atoms with Gasteiger partial charge in [0, 0.05) is 43.5 Å². The summed E-state index contributed by atoms with van der Waals surface area (Å²) in [5.41, 5.74) is 1.83. The normalized spacial score (nSPS) is 34.6. The molecule has 82 valence electrons. The van der Waals surface area contributed by atoms with E-state index in [0.29, 0.717) is 11.5 Å². The van der Waals surface area contributed by atoms with Gasteiger partial charge in [0.2, 0.25) is 0 Å². The maximum absolute atomic E-state index is 5.54. The van der Waals surface area contributed by atoms with E-state index in [4.69, 9.17) is 4.74 Å². The lowest BCUT2D eigenvalue weighted by Crippen LogP contribution is -2.56. The molecule has 3 rings (SSSR count). The number of aryl methyl sites for hydroxylation is 1. The number of nitrogens with one attached hydrogen (secondary N) is 1. The van der Waals surface area contributed by atoms with Gasteiger partial charge in [-0.15, -0.1) is 0 Å². The summed E-state index contributed by atoms with van der Waals surface area (Å²) in [6.07, 6.45) is 5.64. The van der Waals surface area contributed by atoms with Crippen molar-refractivity contribution < 1.29 is 4.74 Å². The molecule has 1 aromatic rings. The lowest BCUT2D eigenvalue weighted by Gasteiger charge is -2.47. The Morgan fingerprint density at radius 3 is 3.13 bits per heavy atom. The third kappa shape index (κ3) is 1.34. The molecule has 2 aliphatic heterocycles. The van der Waals surface area contributed by atoms with Crippen LogP contribution in [-0.4, -0.2) is 24.3 Å². The Balaban J connectivity index is 1.82. The van der Waals surface area contributed by atoms with Crippen molar-refractivity contribution >= 4 is 0 Å². The Morgan fingerprint density at radius 2 is 2.60 bits per heavy atom. The van der Waals surface area contributed by atoms with Crippen LogP contribution in [0.5, 0.6) is 0 Å². The van der Waals surface area contributed by atoms with Gasteiger partial charge in [-0.1, -0.05) is 0 Å². The van der Waals surface area contributed by atoms with E-state index in [1.54, 1.807) is 0 Å². The third-order valence-electron chi connectivity index (χ3n) is 3.88. The molecule has 2 aliphatic rings. The van der Waals surface area contributed by atoms with Gasteiger partial charge < -0.3 is 14.6 Å². The molecule has 0 bridgehead atoms. The molecular weight excluding hydrogens is 188 g/mol. The molecule has 2 saturated heterocycles. The topological polar surface area (TPSA) is 26.2 Å². The fourth-order valence-electron chi connectivity index (χ4n) is 2.78. The highest BCUT2D eigenvalue weighted by Crippen LogP contribution is 2.46. The minimum absolute atomic E-state index is 0.403.